The maximum atomic E-state index is 14.3. The molecule has 1 aromatic heterocycles. The van der Waals surface area contributed by atoms with Gasteiger partial charge in [-0.1, -0.05) is 0 Å². The van der Waals surface area contributed by atoms with Gasteiger partial charge in [-0.15, -0.1) is 0 Å². The average molecular weight is 382 g/mol. The Hall–Kier alpha value is -3.02. The van der Waals surface area contributed by atoms with Gasteiger partial charge in [-0.2, -0.15) is 0 Å². The predicted octanol–water partition coefficient (Wildman–Crippen LogP) is 4.57. The number of ketones is 1. The Kier molecular flexibility index (Phi) is 3.66. The Morgan fingerprint density at radius 3 is 2.64 bits per heavy atom. The van der Waals surface area contributed by atoms with Crippen LogP contribution in [0.1, 0.15) is 51.6 Å². The van der Waals surface area contributed by atoms with Crippen LogP contribution in [0, 0.1) is 18.6 Å². The van der Waals surface area contributed by atoms with Crippen molar-refractivity contribution < 1.29 is 22.7 Å². The summed E-state index contributed by atoms with van der Waals surface area (Å²) in [5.41, 5.74) is 2.68. The zero-order chi connectivity index (χ0) is 19.6. The van der Waals surface area contributed by atoms with Crippen molar-refractivity contribution in [1.82, 2.24) is 0 Å². The maximum Gasteiger partial charge on any atom is 0.339 e. The quantitative estimate of drug-likeness (QED) is 0.579. The minimum Gasteiger partial charge on any atom is -0.484 e. The van der Waals surface area contributed by atoms with Crippen LogP contribution in [0.4, 0.5) is 8.78 Å². The predicted molar refractivity (Wildman–Crippen MR) is 97.9 cm³/mol. The number of carbonyl (C=O) groups excluding carboxylic acids is 1. The molecule has 1 atom stereocenters. The van der Waals surface area contributed by atoms with E-state index in [1.165, 1.54) is 6.07 Å². The molecule has 0 fully saturated rings. The van der Waals surface area contributed by atoms with Crippen molar-refractivity contribution in [2.24, 2.45) is 0 Å². The molecule has 28 heavy (non-hydrogen) atoms. The van der Waals surface area contributed by atoms with E-state index in [0.717, 1.165) is 24.1 Å². The number of Topliss-reactive ketones (excluding diaryl/α,β-unsaturated/α-hetero) is 1. The highest BCUT2D eigenvalue weighted by Gasteiger charge is 2.34. The molecular weight excluding hydrogens is 366 g/mol. The molecule has 0 N–H and O–H groups in total. The van der Waals surface area contributed by atoms with Gasteiger partial charge < -0.3 is 9.15 Å². The molecule has 0 unspecified atom stereocenters. The van der Waals surface area contributed by atoms with Crippen LogP contribution in [0.5, 0.6) is 5.75 Å². The molecule has 0 saturated carbocycles. The van der Waals surface area contributed by atoms with E-state index in [9.17, 15) is 18.4 Å². The summed E-state index contributed by atoms with van der Waals surface area (Å²) in [6.07, 6.45) is 1.24. The highest BCUT2D eigenvalue weighted by atomic mass is 19.1. The highest BCUT2D eigenvalue weighted by molar-refractivity contribution is 6.07. The number of ether oxygens (including phenoxy) is 1. The van der Waals surface area contributed by atoms with Crippen molar-refractivity contribution in [3.05, 3.63) is 74.1 Å². The molecule has 0 bridgehead atoms. The van der Waals surface area contributed by atoms with E-state index in [-0.39, 0.29) is 23.4 Å². The SMILES string of the molecule is Cc1cc2oc(=O)c3c(c2c2c1C(=O)C[C@@H](c1ccc(F)cc1F)O2)CCC3. The van der Waals surface area contributed by atoms with Crippen molar-refractivity contribution in [3.8, 4) is 5.75 Å². The molecule has 5 rings (SSSR count). The van der Waals surface area contributed by atoms with E-state index in [1.54, 1.807) is 13.0 Å². The number of rotatable bonds is 1. The van der Waals surface area contributed by atoms with Crippen LogP contribution < -0.4 is 10.4 Å². The number of hydrogen-bond donors (Lipinski definition) is 0. The number of halogens is 2. The lowest BCUT2D eigenvalue weighted by Gasteiger charge is -2.28. The molecule has 0 amide bonds. The van der Waals surface area contributed by atoms with Gasteiger partial charge in [0.2, 0.25) is 0 Å². The van der Waals surface area contributed by atoms with Gasteiger partial charge in [0, 0.05) is 17.2 Å². The van der Waals surface area contributed by atoms with Crippen LogP contribution in [-0.2, 0) is 12.8 Å². The van der Waals surface area contributed by atoms with Gasteiger partial charge in [-0.25, -0.2) is 13.6 Å². The number of fused-ring (bicyclic) bond motifs is 5. The largest absolute Gasteiger partial charge is 0.484 e. The van der Waals surface area contributed by atoms with Gasteiger partial charge in [0.15, 0.2) is 5.78 Å². The molecule has 2 heterocycles. The summed E-state index contributed by atoms with van der Waals surface area (Å²) < 4.78 is 39.2. The summed E-state index contributed by atoms with van der Waals surface area (Å²) in [4.78, 5) is 25.2. The second-order valence-corrected chi connectivity index (χ2v) is 7.37. The van der Waals surface area contributed by atoms with Gasteiger partial charge in [-0.3, -0.25) is 4.79 Å². The lowest BCUT2D eigenvalue weighted by molar-refractivity contribution is 0.0848. The Bertz CT molecular complexity index is 1230. The second kappa shape index (κ2) is 5.99. The van der Waals surface area contributed by atoms with Gasteiger partial charge >= 0.3 is 5.63 Å². The molecule has 0 radical (unpaired) electrons. The molecule has 142 valence electrons. The molecule has 2 aromatic carbocycles. The van der Waals surface area contributed by atoms with Crippen molar-refractivity contribution in [1.29, 1.82) is 0 Å². The van der Waals surface area contributed by atoms with Crippen LogP contribution in [0.25, 0.3) is 11.0 Å². The van der Waals surface area contributed by atoms with E-state index >= 15 is 0 Å². The average Bonchev–Trinajstić information content (AvgIpc) is 3.11. The summed E-state index contributed by atoms with van der Waals surface area (Å²) in [7, 11) is 0. The number of aryl methyl sites for hydroxylation is 2. The molecule has 4 nitrogen and oxygen atoms in total. The lowest BCUT2D eigenvalue weighted by Crippen LogP contribution is -2.23. The Labute approximate surface area is 158 Å². The summed E-state index contributed by atoms with van der Waals surface area (Å²) in [5, 5.41) is 0.619. The minimum absolute atomic E-state index is 0.0408. The van der Waals surface area contributed by atoms with Crippen molar-refractivity contribution in [2.75, 3.05) is 0 Å². The van der Waals surface area contributed by atoms with E-state index in [4.69, 9.17) is 9.15 Å². The standard InChI is InChI=1S/C22H16F2O4/c1-10-7-18-20(12-3-2-4-13(12)22(26)28-18)21-19(10)16(25)9-17(27-21)14-6-5-11(23)8-15(14)24/h5-8,17H,2-4,9H2,1H3/t17-/m0/s1. The molecule has 0 saturated heterocycles. The van der Waals surface area contributed by atoms with Gasteiger partial charge in [0.05, 0.1) is 17.4 Å². The van der Waals surface area contributed by atoms with Gasteiger partial charge in [-0.05, 0) is 55.5 Å². The van der Waals surface area contributed by atoms with E-state index in [1.807, 2.05) is 0 Å². The lowest BCUT2D eigenvalue weighted by atomic mass is 9.90. The monoisotopic (exact) mass is 382 g/mol. The third-order valence-corrected chi connectivity index (χ3v) is 5.63. The summed E-state index contributed by atoms with van der Waals surface area (Å²) >= 11 is 0. The number of carbonyl (C=O) groups is 1. The first-order valence-electron chi connectivity index (χ1n) is 9.21. The third kappa shape index (κ3) is 2.40. The molecule has 2 aliphatic rings. The molecular formula is C22H16F2O4. The van der Waals surface area contributed by atoms with Crippen LogP contribution in [0.15, 0.2) is 33.5 Å². The zero-order valence-corrected chi connectivity index (χ0v) is 15.1. The molecule has 3 aromatic rings. The van der Waals surface area contributed by atoms with E-state index < -0.39 is 17.7 Å². The fourth-order valence-electron chi connectivity index (χ4n) is 4.38. The fraction of sp³-hybridized carbons (Fsp3) is 0.273. The summed E-state index contributed by atoms with van der Waals surface area (Å²) in [5.74, 6) is -1.28. The molecule has 1 aliphatic heterocycles. The summed E-state index contributed by atoms with van der Waals surface area (Å²) in [6.45, 7) is 1.76. The third-order valence-electron chi connectivity index (χ3n) is 5.63. The van der Waals surface area contributed by atoms with Crippen LogP contribution in [-0.4, -0.2) is 5.78 Å². The van der Waals surface area contributed by atoms with Crippen LogP contribution in [0.2, 0.25) is 0 Å². The van der Waals surface area contributed by atoms with E-state index in [2.05, 4.69) is 0 Å². The first-order chi connectivity index (χ1) is 13.4. The Morgan fingerprint density at radius 2 is 1.86 bits per heavy atom. The Balaban J connectivity index is 1.76. The zero-order valence-electron chi connectivity index (χ0n) is 15.1. The second-order valence-electron chi connectivity index (χ2n) is 7.37. The van der Waals surface area contributed by atoms with Crippen LogP contribution >= 0.6 is 0 Å². The fourth-order valence-corrected chi connectivity index (χ4v) is 4.38. The normalized spacial score (nSPS) is 18.1. The van der Waals surface area contributed by atoms with Crippen molar-refractivity contribution in [2.45, 2.75) is 38.7 Å². The number of hydrogen-bond acceptors (Lipinski definition) is 4. The smallest absolute Gasteiger partial charge is 0.339 e. The molecule has 1 aliphatic carbocycles. The maximum absolute atomic E-state index is 14.3. The van der Waals surface area contributed by atoms with Gasteiger partial charge in [0.25, 0.3) is 0 Å². The first kappa shape index (κ1) is 17.1. The van der Waals surface area contributed by atoms with Crippen molar-refractivity contribution >= 4 is 16.8 Å². The minimum atomic E-state index is -0.866. The molecule has 6 heteroatoms. The van der Waals surface area contributed by atoms with Crippen molar-refractivity contribution in [3.63, 3.8) is 0 Å². The van der Waals surface area contributed by atoms with Gasteiger partial charge in [0.1, 0.15) is 29.1 Å². The highest BCUT2D eigenvalue weighted by Crippen LogP contribution is 2.44. The Morgan fingerprint density at radius 1 is 1.07 bits per heavy atom. The molecule has 0 spiro atoms. The topological polar surface area (TPSA) is 56.5 Å². The van der Waals surface area contributed by atoms with Crippen LogP contribution in [0.3, 0.4) is 0 Å². The number of benzene rings is 2. The van der Waals surface area contributed by atoms with E-state index in [0.29, 0.717) is 46.3 Å². The summed E-state index contributed by atoms with van der Waals surface area (Å²) in [6, 6.07) is 4.92. The first-order valence-corrected chi connectivity index (χ1v) is 9.21.